The van der Waals surface area contributed by atoms with E-state index in [0.29, 0.717) is 37.0 Å². The van der Waals surface area contributed by atoms with Gasteiger partial charge in [-0.15, -0.1) is 0 Å². The van der Waals surface area contributed by atoms with Gasteiger partial charge in [-0.25, -0.2) is 9.55 Å². The Balaban J connectivity index is 1.23. The van der Waals surface area contributed by atoms with Crippen molar-refractivity contribution in [3.63, 3.8) is 0 Å². The third kappa shape index (κ3) is 6.87. The molecule has 17 nitrogen and oxygen atoms in total. The lowest BCUT2D eigenvalue weighted by molar-refractivity contribution is -0.154. The predicted molar refractivity (Wildman–Crippen MR) is 165 cm³/mol. The Kier molecular flexibility index (Phi) is 9.31. The summed E-state index contributed by atoms with van der Waals surface area (Å²) < 4.78 is 49.5. The fourth-order valence-electron chi connectivity index (χ4n) is 5.46. The van der Waals surface area contributed by atoms with Crippen LogP contribution in [0.2, 0.25) is 0 Å². The first-order valence-corrected chi connectivity index (χ1v) is 16.5. The molecule has 252 valence electrons. The van der Waals surface area contributed by atoms with Gasteiger partial charge in [0.1, 0.15) is 35.7 Å². The molecule has 2 aliphatic rings. The van der Waals surface area contributed by atoms with Gasteiger partial charge >= 0.3 is 13.7 Å². The Labute approximate surface area is 268 Å². The quantitative estimate of drug-likeness (QED) is 0.132. The molecule has 2 aliphatic heterocycles. The number of carbonyl (C=O) groups is 1. The second kappa shape index (κ2) is 13.3. The molecule has 0 saturated carbocycles. The lowest BCUT2D eigenvalue weighted by Gasteiger charge is -2.27. The number of aromatic nitrogens is 5. The molecule has 6 rings (SSSR count). The number of hydrogen-bond acceptors (Lipinski definition) is 15. The van der Waals surface area contributed by atoms with E-state index in [4.69, 9.17) is 33.7 Å². The minimum absolute atomic E-state index is 0.104. The zero-order chi connectivity index (χ0) is 33.3. The summed E-state index contributed by atoms with van der Waals surface area (Å²) in [4.78, 5) is 29.7. The molecule has 0 spiro atoms. The van der Waals surface area contributed by atoms with Crippen molar-refractivity contribution in [2.75, 3.05) is 32.7 Å². The van der Waals surface area contributed by atoms with Crippen molar-refractivity contribution < 1.29 is 47.6 Å². The van der Waals surface area contributed by atoms with E-state index in [0.717, 1.165) is 0 Å². The molecule has 47 heavy (non-hydrogen) atoms. The van der Waals surface area contributed by atoms with E-state index in [2.05, 4.69) is 25.0 Å². The second-order valence-corrected chi connectivity index (χ2v) is 13.1. The maximum atomic E-state index is 14.3. The first-order valence-electron chi connectivity index (χ1n) is 14.9. The van der Waals surface area contributed by atoms with Crippen LogP contribution in [0.5, 0.6) is 11.6 Å². The summed E-state index contributed by atoms with van der Waals surface area (Å²) in [6.45, 7) is 3.25. The fraction of sp³-hybridized carbons (Fsp3) is 0.483. The van der Waals surface area contributed by atoms with E-state index < -0.39 is 50.4 Å². The molecular formula is C29H36N7O10P. The average molecular weight is 674 g/mol. The van der Waals surface area contributed by atoms with Gasteiger partial charge in [0.15, 0.2) is 17.4 Å². The van der Waals surface area contributed by atoms with E-state index in [1.807, 2.05) is 0 Å². The molecular weight excluding hydrogens is 637 g/mol. The summed E-state index contributed by atoms with van der Waals surface area (Å²) in [6, 6.07) is 7.31. The number of pyridine rings is 1. The van der Waals surface area contributed by atoms with Crippen molar-refractivity contribution >= 4 is 41.7 Å². The second-order valence-electron chi connectivity index (χ2n) is 11.5. The highest BCUT2D eigenvalue weighted by Crippen LogP contribution is 2.47. The summed E-state index contributed by atoms with van der Waals surface area (Å²) in [7, 11) is -2.98. The number of carbonyl (C=O) groups excluding carboxylic acids is 1. The van der Waals surface area contributed by atoms with Gasteiger partial charge in [0.25, 0.3) is 0 Å². The summed E-state index contributed by atoms with van der Waals surface area (Å²) in [6.07, 6.45) is -0.260. The summed E-state index contributed by atoms with van der Waals surface area (Å²) in [5, 5.41) is 25.9. The minimum atomic E-state index is -4.38. The SMILES string of the molecule is COc1nc(N)nc2c1ncn2C1OC(COP(=O)(NC(C)C(=O)OC2CCOCC2)Oc2ccc3ncccc3c2)C(O)C1(C)O. The molecule has 6 atom stereocenters. The number of esters is 1. The molecule has 3 aromatic heterocycles. The topological polar surface area (TPSA) is 225 Å². The van der Waals surface area contributed by atoms with Gasteiger partial charge in [0, 0.05) is 24.4 Å². The predicted octanol–water partition coefficient (Wildman–Crippen LogP) is 1.88. The third-order valence-corrected chi connectivity index (χ3v) is 9.62. The van der Waals surface area contributed by atoms with Gasteiger partial charge in [-0.3, -0.25) is 18.9 Å². The normalized spacial score (nSPS) is 25.4. The molecule has 0 amide bonds. The smallest absolute Gasteiger partial charge is 0.459 e. The number of ether oxygens (including phenoxy) is 4. The van der Waals surface area contributed by atoms with E-state index >= 15 is 0 Å². The Morgan fingerprint density at radius 1 is 1.26 bits per heavy atom. The lowest BCUT2D eigenvalue weighted by atomic mass is 9.96. The molecule has 4 aromatic rings. The van der Waals surface area contributed by atoms with Crippen molar-refractivity contribution in [3.8, 4) is 11.6 Å². The van der Waals surface area contributed by atoms with E-state index in [-0.39, 0.29) is 34.8 Å². The average Bonchev–Trinajstić information content (AvgIpc) is 3.56. The van der Waals surface area contributed by atoms with Gasteiger partial charge in [-0.05, 0) is 38.1 Å². The highest BCUT2D eigenvalue weighted by Gasteiger charge is 2.54. The van der Waals surface area contributed by atoms with Crippen LogP contribution in [0.15, 0.2) is 42.9 Å². The molecule has 1 aromatic carbocycles. The monoisotopic (exact) mass is 673 g/mol. The van der Waals surface area contributed by atoms with Crippen LogP contribution in [0.4, 0.5) is 5.95 Å². The van der Waals surface area contributed by atoms with Crippen molar-refractivity contribution in [2.45, 2.75) is 62.9 Å². The number of aliphatic hydroxyl groups is 2. The molecule has 0 aliphatic carbocycles. The lowest BCUT2D eigenvalue weighted by Crippen LogP contribution is -2.44. The number of imidazole rings is 1. The largest absolute Gasteiger partial charge is 0.479 e. The van der Waals surface area contributed by atoms with Crippen LogP contribution < -0.4 is 20.1 Å². The van der Waals surface area contributed by atoms with Crippen molar-refractivity contribution in [1.29, 1.82) is 0 Å². The van der Waals surface area contributed by atoms with Crippen molar-refractivity contribution in [3.05, 3.63) is 42.9 Å². The van der Waals surface area contributed by atoms with Crippen LogP contribution in [-0.2, 0) is 28.1 Å². The Bertz CT molecular complexity index is 1800. The molecule has 18 heteroatoms. The molecule has 0 radical (unpaired) electrons. The molecule has 6 unspecified atom stereocenters. The minimum Gasteiger partial charge on any atom is -0.479 e. The number of nitrogens with zero attached hydrogens (tertiary/aromatic N) is 5. The van der Waals surface area contributed by atoms with Crippen LogP contribution in [0, 0.1) is 0 Å². The van der Waals surface area contributed by atoms with E-state index in [1.54, 1.807) is 36.5 Å². The first kappa shape index (κ1) is 33.0. The fourth-order valence-corrected chi connectivity index (χ4v) is 6.95. The molecule has 2 saturated heterocycles. The van der Waals surface area contributed by atoms with Gasteiger partial charge in [-0.2, -0.15) is 15.1 Å². The summed E-state index contributed by atoms with van der Waals surface area (Å²) >= 11 is 0. The first-order chi connectivity index (χ1) is 22.5. The van der Waals surface area contributed by atoms with Crippen molar-refractivity contribution in [2.24, 2.45) is 0 Å². The third-order valence-electron chi connectivity index (χ3n) is 7.97. The van der Waals surface area contributed by atoms with Crippen LogP contribution in [-0.4, -0.2) is 97.6 Å². The number of hydrogen-bond donors (Lipinski definition) is 4. The molecule has 5 heterocycles. The van der Waals surface area contributed by atoms with Gasteiger partial charge in [0.2, 0.25) is 11.8 Å². The maximum Gasteiger partial charge on any atom is 0.459 e. The number of nitrogens with one attached hydrogen (secondary N) is 1. The number of anilines is 1. The number of rotatable bonds is 11. The van der Waals surface area contributed by atoms with Gasteiger partial charge in [0.05, 0.1) is 38.8 Å². The van der Waals surface area contributed by atoms with E-state index in [9.17, 15) is 19.6 Å². The van der Waals surface area contributed by atoms with Crippen LogP contribution >= 0.6 is 7.75 Å². The standard InChI is InChI=1S/C29H36N7O10P/c1-16(26(38)44-18-8-11-42-12-9-18)35-47(40,46-19-6-7-20-17(13-19)5-4-10-31-20)43-14-21-23(37)29(2,39)27(45-21)36-15-32-22-24(36)33-28(30)34-25(22)41-3/h4-7,10,13,15-16,18,21,23,27,37,39H,8-9,11-12,14H2,1-3H3,(H,35,40)(H2,30,33,34). The van der Waals surface area contributed by atoms with Crippen LogP contribution in [0.1, 0.15) is 32.9 Å². The van der Waals surface area contributed by atoms with Crippen molar-refractivity contribution in [1.82, 2.24) is 29.6 Å². The number of fused-ring (bicyclic) bond motifs is 2. The van der Waals surface area contributed by atoms with Gasteiger partial charge < -0.3 is 39.4 Å². The Hall–Kier alpha value is -3.96. The zero-order valence-corrected chi connectivity index (χ0v) is 26.8. The van der Waals surface area contributed by atoms with E-state index in [1.165, 1.54) is 31.9 Å². The highest BCUT2D eigenvalue weighted by molar-refractivity contribution is 7.52. The number of nitrogens with two attached hydrogens (primary N) is 1. The summed E-state index contributed by atoms with van der Waals surface area (Å²) in [5.41, 5.74) is 5.06. The van der Waals surface area contributed by atoms with Crippen LogP contribution in [0.25, 0.3) is 22.1 Å². The zero-order valence-electron chi connectivity index (χ0n) is 25.9. The molecule has 5 N–H and O–H groups in total. The number of aliphatic hydroxyl groups excluding tert-OH is 1. The number of benzene rings is 1. The van der Waals surface area contributed by atoms with Crippen LogP contribution in [0.3, 0.4) is 0 Å². The highest BCUT2D eigenvalue weighted by atomic mass is 31.2. The number of nitrogen functional groups attached to an aromatic ring is 1. The Morgan fingerprint density at radius 3 is 2.81 bits per heavy atom. The number of methoxy groups -OCH3 is 1. The Morgan fingerprint density at radius 2 is 2.04 bits per heavy atom. The molecule has 0 bridgehead atoms. The summed E-state index contributed by atoms with van der Waals surface area (Å²) in [5.74, 6) is -0.481. The molecule has 2 fully saturated rings. The maximum absolute atomic E-state index is 14.3. The van der Waals surface area contributed by atoms with Gasteiger partial charge in [-0.1, -0.05) is 6.07 Å².